The van der Waals surface area contributed by atoms with Gasteiger partial charge in [0.15, 0.2) is 11.5 Å². The fraction of sp³-hybridized carbons (Fsp3) is 0. The van der Waals surface area contributed by atoms with Crippen molar-refractivity contribution < 1.29 is 18.3 Å². The molecule has 18 heavy (non-hydrogen) atoms. The van der Waals surface area contributed by atoms with E-state index < -0.39 is 21.7 Å². The third-order valence-electron chi connectivity index (χ3n) is 1.92. The zero-order chi connectivity index (χ0) is 13.2. The van der Waals surface area contributed by atoms with Crippen LogP contribution in [-0.2, 0) is 10.0 Å². The highest BCUT2D eigenvalue weighted by atomic mass is 32.2. The maximum atomic E-state index is 11.8. The highest BCUT2D eigenvalue weighted by Crippen LogP contribution is 2.14. The Bertz CT molecular complexity index is 667. The maximum absolute atomic E-state index is 11.8. The molecule has 3 N–H and O–H groups in total. The Balaban J connectivity index is 2.39. The SMILES string of the molecule is O=C(O)c1nccnc1NS(=O)(=O)c1cn[nH]c1. The predicted molar refractivity (Wildman–Crippen MR) is 58.4 cm³/mol. The second-order valence-corrected chi connectivity index (χ2v) is 4.78. The van der Waals surface area contributed by atoms with Crippen molar-refractivity contribution in [3.8, 4) is 0 Å². The molecular formula is C8H7N5O4S. The lowest BCUT2D eigenvalue weighted by Crippen LogP contribution is -2.17. The number of H-pyrrole nitrogens is 1. The van der Waals surface area contributed by atoms with E-state index in [1.807, 2.05) is 4.72 Å². The number of hydrogen-bond donors (Lipinski definition) is 3. The highest BCUT2D eigenvalue weighted by molar-refractivity contribution is 7.92. The lowest BCUT2D eigenvalue weighted by atomic mass is 10.4. The Kier molecular flexibility index (Phi) is 2.93. The molecule has 0 aliphatic carbocycles. The number of carboxylic acids is 1. The Morgan fingerprint density at radius 2 is 2.06 bits per heavy atom. The summed E-state index contributed by atoms with van der Waals surface area (Å²) >= 11 is 0. The zero-order valence-corrected chi connectivity index (χ0v) is 9.55. The number of nitrogens with zero attached hydrogens (tertiary/aromatic N) is 3. The van der Waals surface area contributed by atoms with E-state index in [-0.39, 0.29) is 10.7 Å². The summed E-state index contributed by atoms with van der Waals surface area (Å²) in [4.78, 5) is 17.9. The number of sulfonamides is 1. The average molecular weight is 269 g/mol. The molecule has 0 saturated heterocycles. The van der Waals surface area contributed by atoms with Gasteiger partial charge in [0.1, 0.15) is 4.90 Å². The van der Waals surface area contributed by atoms with Crippen LogP contribution in [0.15, 0.2) is 29.7 Å². The van der Waals surface area contributed by atoms with E-state index in [1.54, 1.807) is 0 Å². The Hall–Kier alpha value is -2.49. The van der Waals surface area contributed by atoms with Crippen molar-refractivity contribution >= 4 is 21.8 Å². The van der Waals surface area contributed by atoms with Gasteiger partial charge in [0.25, 0.3) is 10.0 Å². The van der Waals surface area contributed by atoms with Gasteiger partial charge in [0, 0.05) is 18.6 Å². The molecule has 2 heterocycles. The first kappa shape index (κ1) is 12.0. The maximum Gasteiger partial charge on any atom is 0.358 e. The number of nitrogens with one attached hydrogen (secondary N) is 2. The van der Waals surface area contributed by atoms with Gasteiger partial charge >= 0.3 is 5.97 Å². The van der Waals surface area contributed by atoms with Crippen molar-refractivity contribution in [1.29, 1.82) is 0 Å². The van der Waals surface area contributed by atoms with Gasteiger partial charge in [0.2, 0.25) is 0 Å². The summed E-state index contributed by atoms with van der Waals surface area (Å²) in [5, 5.41) is 14.7. The van der Waals surface area contributed by atoms with Gasteiger partial charge in [-0.05, 0) is 0 Å². The molecule has 2 aromatic heterocycles. The molecule has 0 fully saturated rings. The van der Waals surface area contributed by atoms with Gasteiger partial charge in [0.05, 0.1) is 6.20 Å². The third-order valence-corrected chi connectivity index (χ3v) is 3.22. The molecule has 94 valence electrons. The van der Waals surface area contributed by atoms with Gasteiger partial charge in [-0.3, -0.25) is 9.82 Å². The summed E-state index contributed by atoms with van der Waals surface area (Å²) in [5.41, 5.74) is -0.482. The lowest BCUT2D eigenvalue weighted by molar-refractivity contribution is 0.0691. The van der Waals surface area contributed by atoms with Crippen molar-refractivity contribution in [3.05, 3.63) is 30.5 Å². The molecule has 10 heteroatoms. The standard InChI is InChI=1S/C8H7N5O4S/c14-8(15)6-7(10-2-1-9-6)13-18(16,17)5-3-11-12-4-5/h1-4H,(H,10,13)(H,11,12)(H,14,15). The second kappa shape index (κ2) is 4.41. The predicted octanol–water partition coefficient (Wildman–Crippen LogP) is -0.301. The molecule has 2 aromatic rings. The molecule has 0 aliphatic rings. The summed E-state index contributed by atoms with van der Waals surface area (Å²) in [6, 6.07) is 0. The zero-order valence-electron chi connectivity index (χ0n) is 8.73. The molecule has 9 nitrogen and oxygen atoms in total. The van der Waals surface area contributed by atoms with Crippen LogP contribution in [0.25, 0.3) is 0 Å². The van der Waals surface area contributed by atoms with Crippen LogP contribution in [0.4, 0.5) is 5.82 Å². The molecule has 2 rings (SSSR count). The van der Waals surface area contributed by atoms with Crippen LogP contribution in [0.3, 0.4) is 0 Å². The first-order valence-electron chi connectivity index (χ1n) is 4.56. The molecular weight excluding hydrogens is 262 g/mol. The molecule has 0 atom stereocenters. The Morgan fingerprint density at radius 1 is 1.33 bits per heavy atom. The van der Waals surface area contributed by atoms with Crippen molar-refractivity contribution in [2.24, 2.45) is 0 Å². The number of aromatic carboxylic acids is 1. The number of carboxylic acid groups (broad SMARTS) is 1. The molecule has 0 amide bonds. The van der Waals surface area contributed by atoms with E-state index in [9.17, 15) is 13.2 Å². The molecule has 0 unspecified atom stereocenters. The number of anilines is 1. The average Bonchev–Trinajstić information content (AvgIpc) is 2.83. The van der Waals surface area contributed by atoms with Gasteiger partial charge in [-0.15, -0.1) is 0 Å². The van der Waals surface area contributed by atoms with Gasteiger partial charge in [-0.1, -0.05) is 0 Å². The van der Waals surface area contributed by atoms with Crippen LogP contribution >= 0.6 is 0 Å². The van der Waals surface area contributed by atoms with E-state index >= 15 is 0 Å². The van der Waals surface area contributed by atoms with Crippen molar-refractivity contribution in [1.82, 2.24) is 20.2 Å². The lowest BCUT2D eigenvalue weighted by Gasteiger charge is -2.06. The van der Waals surface area contributed by atoms with Crippen molar-refractivity contribution in [3.63, 3.8) is 0 Å². The van der Waals surface area contributed by atoms with Crippen molar-refractivity contribution in [2.75, 3.05) is 4.72 Å². The van der Waals surface area contributed by atoms with Crippen LogP contribution in [0, 0.1) is 0 Å². The fourth-order valence-corrected chi connectivity index (χ4v) is 2.06. The summed E-state index contributed by atoms with van der Waals surface area (Å²) < 4.78 is 25.6. The van der Waals surface area contributed by atoms with Gasteiger partial charge in [-0.2, -0.15) is 5.10 Å². The molecule has 0 aliphatic heterocycles. The number of aromatic amines is 1. The minimum atomic E-state index is -3.94. The third kappa shape index (κ3) is 2.27. The molecule has 0 bridgehead atoms. The van der Waals surface area contributed by atoms with E-state index in [2.05, 4.69) is 20.2 Å². The summed E-state index contributed by atoms with van der Waals surface area (Å²) in [5.74, 6) is -1.74. The van der Waals surface area contributed by atoms with E-state index in [1.165, 1.54) is 6.20 Å². The molecule has 0 radical (unpaired) electrons. The minimum Gasteiger partial charge on any atom is -0.476 e. The molecule has 0 saturated carbocycles. The molecule has 0 spiro atoms. The summed E-state index contributed by atoms with van der Waals surface area (Å²) in [6.07, 6.45) is 4.57. The molecule has 0 aromatic carbocycles. The summed E-state index contributed by atoms with van der Waals surface area (Å²) in [7, 11) is -3.94. The number of rotatable bonds is 4. The highest BCUT2D eigenvalue weighted by Gasteiger charge is 2.20. The topological polar surface area (TPSA) is 138 Å². The van der Waals surface area contributed by atoms with Gasteiger partial charge < -0.3 is 5.11 Å². The van der Waals surface area contributed by atoms with Crippen LogP contribution in [0.2, 0.25) is 0 Å². The number of hydrogen-bond acceptors (Lipinski definition) is 6. The minimum absolute atomic E-state index is 0.135. The van der Waals surface area contributed by atoms with Crippen molar-refractivity contribution in [2.45, 2.75) is 4.90 Å². The van der Waals surface area contributed by atoms with E-state index in [0.29, 0.717) is 0 Å². The normalized spacial score (nSPS) is 11.1. The Labute approximate surface area is 101 Å². The first-order chi connectivity index (χ1) is 8.50. The monoisotopic (exact) mass is 269 g/mol. The summed E-state index contributed by atoms with van der Waals surface area (Å²) in [6.45, 7) is 0. The van der Waals surface area contributed by atoms with E-state index in [0.717, 1.165) is 18.6 Å². The smallest absolute Gasteiger partial charge is 0.358 e. The van der Waals surface area contributed by atoms with E-state index in [4.69, 9.17) is 5.11 Å². The van der Waals surface area contributed by atoms with Crippen LogP contribution in [0.1, 0.15) is 10.5 Å². The number of aromatic nitrogens is 4. The largest absolute Gasteiger partial charge is 0.476 e. The fourth-order valence-electron chi connectivity index (χ4n) is 1.14. The van der Waals surface area contributed by atoms with Gasteiger partial charge in [-0.25, -0.2) is 23.2 Å². The van der Waals surface area contributed by atoms with Crippen LogP contribution in [-0.4, -0.2) is 39.7 Å². The Morgan fingerprint density at radius 3 is 2.67 bits per heavy atom. The van der Waals surface area contributed by atoms with Crippen LogP contribution in [0.5, 0.6) is 0 Å². The quantitative estimate of drug-likeness (QED) is 0.692. The second-order valence-electron chi connectivity index (χ2n) is 3.10. The number of carbonyl (C=O) groups is 1. The van der Waals surface area contributed by atoms with Crippen LogP contribution < -0.4 is 4.72 Å². The first-order valence-corrected chi connectivity index (χ1v) is 6.05.